The summed E-state index contributed by atoms with van der Waals surface area (Å²) in [5.41, 5.74) is 1.21. The number of aldehydes is 1. The summed E-state index contributed by atoms with van der Waals surface area (Å²) in [6.45, 7) is 14.4. The zero-order valence-electron chi connectivity index (χ0n) is 33.5. The number of esters is 1. The molecule has 13 heteroatoms. The van der Waals surface area contributed by atoms with E-state index >= 15 is 0 Å². The first-order chi connectivity index (χ1) is 25.8. The van der Waals surface area contributed by atoms with E-state index in [1.165, 1.54) is 18.3 Å². The van der Waals surface area contributed by atoms with Crippen LogP contribution in [-0.2, 0) is 35.1 Å². The smallest absolute Gasteiger partial charge is 0.303 e. The highest BCUT2D eigenvalue weighted by Crippen LogP contribution is 2.32. The molecule has 1 unspecified atom stereocenters. The Morgan fingerprint density at radius 2 is 1.78 bits per heavy atom. The number of nitrogens with zero attached hydrogens (tertiary/aromatic N) is 3. The molecule has 7 atom stereocenters. The fraction of sp³-hybridized carbons (Fsp3) is 0.659. The van der Waals surface area contributed by atoms with Gasteiger partial charge in [0.1, 0.15) is 29.8 Å². The Morgan fingerprint density at radius 1 is 1.06 bits per heavy atom. The van der Waals surface area contributed by atoms with Gasteiger partial charge in [-0.25, -0.2) is 4.98 Å². The number of nitrogens with one attached hydrogen (secondary N) is 2. The lowest BCUT2D eigenvalue weighted by Crippen LogP contribution is -2.59. The number of hydrogen-bond donors (Lipinski definition) is 2. The lowest BCUT2D eigenvalue weighted by Gasteiger charge is -2.39. The highest BCUT2D eigenvalue weighted by atomic mass is 32.1. The summed E-state index contributed by atoms with van der Waals surface area (Å²) < 4.78 is 11.9. The fourth-order valence-electron chi connectivity index (χ4n) is 6.92. The van der Waals surface area contributed by atoms with Crippen molar-refractivity contribution in [2.75, 3.05) is 26.9 Å². The Hall–Kier alpha value is -3.68. The number of likely N-dealkylation sites (tertiary alicyclic amines) is 1. The molecule has 1 aliphatic heterocycles. The van der Waals surface area contributed by atoms with Crippen LogP contribution in [0.5, 0.6) is 0 Å². The Labute approximate surface area is 326 Å². The number of rotatable bonds is 22. The lowest BCUT2D eigenvalue weighted by atomic mass is 9.92. The number of aromatic nitrogens is 1. The standard InChI is InChI=1S/C41H63N5O7S/c1-9-20-52-26-46(41(51)37(29(6)10-2)44-39(50)34-18-14-15-19-45(34)8)35(27(3)4)23-36(53-30(7)48)40-43-33(25-54-40)38(49)42-32(21-28(5)24-47)22-31-16-12-11-13-17-31/h11-13,16-17,24-25,27-29,32,34-37H,9-10,14-15,18-23,26H2,1-8H3,(H,42,49)(H,44,50)/t28-,29?,32+,34+,35+,36+,37-/m0/s1. The molecule has 0 bridgehead atoms. The summed E-state index contributed by atoms with van der Waals surface area (Å²) in [5.74, 6) is -1.81. The van der Waals surface area contributed by atoms with E-state index in [0.29, 0.717) is 30.9 Å². The number of ether oxygens (including phenoxy) is 2. The first-order valence-corrected chi connectivity index (χ1v) is 20.5. The third-order valence-electron chi connectivity index (χ3n) is 10.2. The van der Waals surface area contributed by atoms with Crippen molar-refractivity contribution >= 4 is 41.3 Å². The van der Waals surface area contributed by atoms with E-state index in [0.717, 1.165) is 44.1 Å². The van der Waals surface area contributed by atoms with Crippen molar-refractivity contribution in [2.45, 2.75) is 130 Å². The van der Waals surface area contributed by atoms with Crippen LogP contribution in [0.1, 0.15) is 121 Å². The molecule has 2 N–H and O–H groups in total. The van der Waals surface area contributed by atoms with E-state index in [2.05, 4.69) is 20.5 Å². The Bertz CT molecular complexity index is 1490. The molecule has 12 nitrogen and oxygen atoms in total. The SMILES string of the molecule is CCCOCN(C(=O)[C@@H](NC(=O)[C@H]1CCCCN1C)C(C)CC)[C@H](C[C@@H](OC(C)=O)c1nc(C(=O)N[C@@H](Cc2ccccc2)C[C@H](C)C=O)cs1)C(C)C. The predicted molar refractivity (Wildman–Crippen MR) is 211 cm³/mol. The van der Waals surface area contributed by atoms with Gasteiger partial charge in [-0.1, -0.05) is 84.7 Å². The summed E-state index contributed by atoms with van der Waals surface area (Å²) in [4.78, 5) is 74.3. The number of benzene rings is 1. The summed E-state index contributed by atoms with van der Waals surface area (Å²) in [5, 5.41) is 8.25. The van der Waals surface area contributed by atoms with Crippen LogP contribution in [0, 0.1) is 17.8 Å². The zero-order chi connectivity index (χ0) is 39.8. The van der Waals surface area contributed by atoms with Gasteiger partial charge in [-0.2, -0.15) is 0 Å². The summed E-state index contributed by atoms with van der Waals surface area (Å²) in [6.07, 6.45) is 5.42. The van der Waals surface area contributed by atoms with Crippen molar-refractivity contribution in [3.05, 3.63) is 52.0 Å². The monoisotopic (exact) mass is 769 g/mol. The molecule has 1 aliphatic rings. The van der Waals surface area contributed by atoms with Crippen LogP contribution in [0.3, 0.4) is 0 Å². The molecule has 2 heterocycles. The van der Waals surface area contributed by atoms with Crippen LogP contribution in [0.2, 0.25) is 0 Å². The maximum absolute atomic E-state index is 14.7. The van der Waals surface area contributed by atoms with Crippen molar-refractivity contribution in [1.82, 2.24) is 25.4 Å². The second-order valence-electron chi connectivity index (χ2n) is 15.1. The predicted octanol–water partition coefficient (Wildman–Crippen LogP) is 5.96. The molecule has 3 amide bonds. The number of hydrogen-bond acceptors (Lipinski definition) is 10. The second kappa shape index (κ2) is 22.6. The lowest BCUT2D eigenvalue weighted by molar-refractivity contribution is -0.153. The minimum absolute atomic E-state index is 0.00197. The van der Waals surface area contributed by atoms with E-state index < -0.39 is 24.2 Å². The largest absolute Gasteiger partial charge is 0.455 e. The summed E-state index contributed by atoms with van der Waals surface area (Å²) in [6, 6.07) is 7.91. The second-order valence-corrected chi connectivity index (χ2v) is 16.0. The van der Waals surface area contributed by atoms with E-state index in [-0.39, 0.29) is 66.4 Å². The number of thiazole rings is 1. The van der Waals surface area contributed by atoms with E-state index in [1.807, 2.05) is 78.9 Å². The van der Waals surface area contributed by atoms with Gasteiger partial charge in [-0.3, -0.25) is 24.1 Å². The van der Waals surface area contributed by atoms with Crippen LogP contribution < -0.4 is 10.6 Å². The number of carbonyl (C=O) groups is 5. The number of likely N-dealkylation sites (N-methyl/N-ethyl adjacent to an activating group) is 1. The zero-order valence-corrected chi connectivity index (χ0v) is 34.4. The first-order valence-electron chi connectivity index (χ1n) is 19.6. The Morgan fingerprint density at radius 3 is 2.39 bits per heavy atom. The van der Waals surface area contributed by atoms with Crippen LogP contribution in [0.15, 0.2) is 35.7 Å². The third kappa shape index (κ3) is 13.6. The van der Waals surface area contributed by atoms with Crippen molar-refractivity contribution < 1.29 is 33.4 Å². The van der Waals surface area contributed by atoms with Crippen molar-refractivity contribution in [2.24, 2.45) is 17.8 Å². The average molecular weight is 770 g/mol. The van der Waals surface area contributed by atoms with Crippen LogP contribution in [-0.4, -0.2) is 95.9 Å². The molecule has 0 spiro atoms. The molecule has 0 radical (unpaired) electrons. The molecule has 1 fully saturated rings. The Balaban J connectivity index is 1.90. The first kappa shape index (κ1) is 44.7. The van der Waals surface area contributed by atoms with Gasteiger partial charge < -0.3 is 29.8 Å². The quantitative estimate of drug-likeness (QED) is 0.0642. The van der Waals surface area contributed by atoms with E-state index in [9.17, 15) is 24.0 Å². The van der Waals surface area contributed by atoms with E-state index in [1.54, 1.807) is 10.3 Å². The average Bonchev–Trinajstić information content (AvgIpc) is 3.65. The van der Waals surface area contributed by atoms with E-state index in [4.69, 9.17) is 9.47 Å². The molecular weight excluding hydrogens is 707 g/mol. The van der Waals surface area contributed by atoms with Gasteiger partial charge in [0.25, 0.3) is 5.91 Å². The van der Waals surface area contributed by atoms with Crippen molar-refractivity contribution in [3.63, 3.8) is 0 Å². The number of piperidine rings is 1. The van der Waals surface area contributed by atoms with Gasteiger partial charge >= 0.3 is 5.97 Å². The van der Waals surface area contributed by atoms with Crippen molar-refractivity contribution in [1.29, 1.82) is 0 Å². The minimum Gasteiger partial charge on any atom is -0.455 e. The van der Waals surface area contributed by atoms with Crippen molar-refractivity contribution in [3.8, 4) is 0 Å². The fourth-order valence-corrected chi connectivity index (χ4v) is 7.76. The Kier molecular flexibility index (Phi) is 18.7. The molecule has 0 aliphatic carbocycles. The molecule has 300 valence electrons. The molecule has 2 aromatic rings. The van der Waals surface area contributed by atoms with Crippen LogP contribution in [0.4, 0.5) is 0 Å². The number of carbonyl (C=O) groups excluding carboxylic acids is 5. The topological polar surface area (TPSA) is 147 Å². The molecule has 1 aromatic carbocycles. The molecular formula is C41H63N5O7S. The third-order valence-corrected chi connectivity index (χ3v) is 11.2. The van der Waals surface area contributed by atoms with Gasteiger partial charge in [0.05, 0.1) is 6.04 Å². The molecule has 54 heavy (non-hydrogen) atoms. The van der Waals surface area contributed by atoms with Crippen LogP contribution in [0.25, 0.3) is 0 Å². The molecule has 1 aromatic heterocycles. The maximum atomic E-state index is 14.7. The summed E-state index contributed by atoms with van der Waals surface area (Å²) >= 11 is 1.21. The molecule has 3 rings (SSSR count). The minimum atomic E-state index is -0.856. The molecule has 1 saturated heterocycles. The maximum Gasteiger partial charge on any atom is 0.303 e. The molecule has 0 saturated carbocycles. The van der Waals surface area contributed by atoms with Gasteiger partial charge in [0.2, 0.25) is 11.8 Å². The summed E-state index contributed by atoms with van der Waals surface area (Å²) in [7, 11) is 1.95. The van der Waals surface area contributed by atoms with Crippen LogP contribution >= 0.6 is 11.3 Å². The normalized spacial score (nSPS) is 18.1. The van der Waals surface area contributed by atoms with Gasteiger partial charge in [0.15, 0.2) is 6.10 Å². The van der Waals surface area contributed by atoms with Gasteiger partial charge in [-0.15, -0.1) is 11.3 Å². The highest BCUT2D eigenvalue weighted by molar-refractivity contribution is 7.09. The number of amides is 3. The van der Waals surface area contributed by atoms with Gasteiger partial charge in [0, 0.05) is 43.3 Å². The highest BCUT2D eigenvalue weighted by Gasteiger charge is 2.39. The van der Waals surface area contributed by atoms with Gasteiger partial charge in [-0.05, 0) is 63.1 Å².